The van der Waals surface area contributed by atoms with Gasteiger partial charge in [0, 0.05) is 16.7 Å². The third-order valence-electron chi connectivity index (χ3n) is 4.37. The molecule has 1 N–H and O–H groups in total. The molecule has 3 rings (SSSR count). The number of methoxy groups -OCH3 is 1. The van der Waals surface area contributed by atoms with Crippen LogP contribution in [0.4, 0.5) is 29.5 Å². The van der Waals surface area contributed by atoms with Gasteiger partial charge < -0.3 is 19.5 Å². The topological polar surface area (TPSA) is 99.9 Å². The highest BCUT2D eigenvalue weighted by molar-refractivity contribution is 7.18. The van der Waals surface area contributed by atoms with Gasteiger partial charge in [-0.15, -0.1) is 24.5 Å². The van der Waals surface area contributed by atoms with Crippen molar-refractivity contribution >= 4 is 45.3 Å². The fraction of sp³-hybridized carbons (Fsp3) is 0.190. The number of carbonyl (C=O) groups is 1. The number of hydrogen-bond acceptors (Lipinski definition) is 8. The number of nitro benzene ring substituents is 1. The van der Waals surface area contributed by atoms with Crippen LogP contribution in [0.15, 0.2) is 48.5 Å². The molecule has 0 spiro atoms. The van der Waals surface area contributed by atoms with Crippen molar-refractivity contribution in [2.45, 2.75) is 19.4 Å². The third-order valence-corrected chi connectivity index (χ3v) is 5.73. The van der Waals surface area contributed by atoms with Crippen LogP contribution in [0.1, 0.15) is 28.3 Å². The van der Waals surface area contributed by atoms with Crippen molar-refractivity contribution in [1.82, 2.24) is 0 Å². The highest BCUT2D eigenvalue weighted by Gasteiger charge is 2.32. The first kappa shape index (κ1) is 25.1. The zero-order valence-corrected chi connectivity index (χ0v) is 19.1. The van der Waals surface area contributed by atoms with E-state index >= 15 is 0 Å². The summed E-state index contributed by atoms with van der Waals surface area (Å²) in [6.07, 6.45) is -5.57. The van der Waals surface area contributed by atoms with Crippen molar-refractivity contribution in [2.75, 3.05) is 12.4 Å². The Balaban J connectivity index is 1.92. The first-order valence-electron chi connectivity index (χ1n) is 9.43. The average Bonchev–Trinajstić information content (AvgIpc) is 3.15. The second-order valence-corrected chi connectivity index (χ2v) is 8.15. The molecule has 0 saturated carbocycles. The summed E-state index contributed by atoms with van der Waals surface area (Å²) in [6, 6.07) is 11.0. The number of anilines is 2. The summed E-state index contributed by atoms with van der Waals surface area (Å²) < 4.78 is 51.8. The number of rotatable bonds is 8. The molecule has 0 bridgehead atoms. The minimum atomic E-state index is -5.00. The molecule has 1 unspecified atom stereocenters. The van der Waals surface area contributed by atoms with E-state index in [2.05, 4.69) is 10.1 Å². The minimum absolute atomic E-state index is 0.0728. The van der Waals surface area contributed by atoms with Crippen molar-refractivity contribution in [2.24, 2.45) is 0 Å². The molecule has 0 aliphatic heterocycles. The lowest BCUT2D eigenvalue weighted by Gasteiger charge is -2.16. The minimum Gasteiger partial charge on any atom is -0.484 e. The Morgan fingerprint density at radius 2 is 1.91 bits per heavy atom. The number of hydrogen-bond donors (Lipinski definition) is 1. The molecule has 0 radical (unpaired) electrons. The van der Waals surface area contributed by atoms with Gasteiger partial charge in [-0.3, -0.25) is 10.1 Å². The Labute approximate surface area is 200 Å². The Bertz CT molecular complexity index is 1220. The van der Waals surface area contributed by atoms with Gasteiger partial charge in [-0.1, -0.05) is 29.8 Å². The number of nitrogens with zero attached hydrogens (tertiary/aromatic N) is 1. The van der Waals surface area contributed by atoms with Crippen LogP contribution >= 0.6 is 22.9 Å². The van der Waals surface area contributed by atoms with E-state index in [9.17, 15) is 28.1 Å². The number of carbonyl (C=O) groups excluding carboxylic acids is 1. The predicted octanol–water partition coefficient (Wildman–Crippen LogP) is 6.88. The van der Waals surface area contributed by atoms with E-state index in [0.29, 0.717) is 16.7 Å². The maximum atomic E-state index is 12.5. The zero-order chi connectivity index (χ0) is 25.0. The number of esters is 1. The fourth-order valence-electron chi connectivity index (χ4n) is 2.92. The number of nitro groups is 1. The van der Waals surface area contributed by atoms with Gasteiger partial charge in [0.1, 0.15) is 23.3 Å². The average molecular weight is 517 g/mol. The van der Waals surface area contributed by atoms with E-state index in [1.54, 1.807) is 31.2 Å². The van der Waals surface area contributed by atoms with Crippen LogP contribution in [0.3, 0.4) is 0 Å². The van der Waals surface area contributed by atoms with Gasteiger partial charge in [0.15, 0.2) is 4.88 Å². The molecule has 0 saturated heterocycles. The van der Waals surface area contributed by atoms with Gasteiger partial charge in [0.2, 0.25) is 0 Å². The van der Waals surface area contributed by atoms with Gasteiger partial charge in [-0.05, 0) is 25.1 Å². The lowest BCUT2D eigenvalue weighted by molar-refractivity contribution is -0.384. The van der Waals surface area contributed by atoms with E-state index in [1.165, 1.54) is 13.2 Å². The fourth-order valence-corrected chi connectivity index (χ4v) is 4.13. The van der Waals surface area contributed by atoms with E-state index in [-0.39, 0.29) is 21.3 Å². The highest BCUT2D eigenvalue weighted by Crippen LogP contribution is 2.41. The molecule has 0 amide bonds. The van der Waals surface area contributed by atoms with Crippen LogP contribution in [0.25, 0.3) is 0 Å². The molecule has 0 fully saturated rings. The van der Waals surface area contributed by atoms with Gasteiger partial charge in [-0.25, -0.2) is 4.79 Å². The summed E-state index contributed by atoms with van der Waals surface area (Å²) in [4.78, 5) is 22.9. The number of halogens is 4. The number of benzene rings is 2. The summed E-state index contributed by atoms with van der Waals surface area (Å²) in [5.41, 5.74) is -0.124. The summed E-state index contributed by atoms with van der Waals surface area (Å²) in [5.74, 6) is -1.32. The van der Waals surface area contributed by atoms with Crippen LogP contribution in [-0.2, 0) is 4.74 Å². The molecule has 8 nitrogen and oxygen atoms in total. The Morgan fingerprint density at radius 3 is 2.53 bits per heavy atom. The molecular formula is C21H16ClF3N2O6S. The molecule has 1 atom stereocenters. The van der Waals surface area contributed by atoms with Gasteiger partial charge in [0.25, 0.3) is 5.69 Å². The first-order chi connectivity index (χ1) is 16.0. The van der Waals surface area contributed by atoms with Crippen LogP contribution in [0.2, 0.25) is 5.02 Å². The summed E-state index contributed by atoms with van der Waals surface area (Å²) in [5, 5.41) is 14.8. The van der Waals surface area contributed by atoms with Crippen molar-refractivity contribution in [3.8, 4) is 11.5 Å². The second kappa shape index (κ2) is 10.2. The van der Waals surface area contributed by atoms with Crippen molar-refractivity contribution in [3.63, 3.8) is 0 Å². The normalized spacial score (nSPS) is 12.1. The Hall–Kier alpha value is -3.51. The van der Waals surface area contributed by atoms with Crippen molar-refractivity contribution < 1.29 is 37.1 Å². The number of thiophene rings is 1. The Morgan fingerprint density at radius 1 is 1.21 bits per heavy atom. The molecule has 34 heavy (non-hydrogen) atoms. The standard InChI is InChI=1S/C21H16ClF3N2O6S/c1-11(13-5-3-4-6-14(13)22)32-17-10-18(34-19(17)20(28)31-2)26-15-8-7-12(33-21(23,24)25)9-16(15)27(29)30/h3-11,26H,1-2H3. The van der Waals surface area contributed by atoms with Crippen LogP contribution in [-0.4, -0.2) is 24.4 Å². The largest absolute Gasteiger partial charge is 0.573 e. The quantitative estimate of drug-likeness (QED) is 0.198. The predicted molar refractivity (Wildman–Crippen MR) is 119 cm³/mol. The molecule has 1 heterocycles. The molecule has 13 heteroatoms. The first-order valence-corrected chi connectivity index (χ1v) is 10.6. The van der Waals surface area contributed by atoms with Gasteiger partial charge in [0.05, 0.1) is 23.1 Å². The van der Waals surface area contributed by atoms with Crippen LogP contribution in [0, 0.1) is 10.1 Å². The van der Waals surface area contributed by atoms with Gasteiger partial charge in [-0.2, -0.15) is 0 Å². The number of ether oxygens (including phenoxy) is 3. The molecule has 180 valence electrons. The SMILES string of the molecule is COC(=O)c1sc(Nc2ccc(OC(F)(F)F)cc2[N+](=O)[O-])cc1OC(C)c1ccccc1Cl. The summed E-state index contributed by atoms with van der Waals surface area (Å²) in [7, 11) is 1.18. The highest BCUT2D eigenvalue weighted by atomic mass is 35.5. The molecule has 3 aromatic rings. The van der Waals surface area contributed by atoms with E-state index in [0.717, 1.165) is 23.5 Å². The monoisotopic (exact) mass is 516 g/mol. The summed E-state index contributed by atoms with van der Waals surface area (Å²) in [6.45, 7) is 1.72. The lowest BCUT2D eigenvalue weighted by atomic mass is 10.1. The van der Waals surface area contributed by atoms with E-state index in [1.807, 2.05) is 0 Å². The Kier molecular flexibility index (Phi) is 7.52. The van der Waals surface area contributed by atoms with E-state index in [4.69, 9.17) is 21.1 Å². The van der Waals surface area contributed by atoms with Crippen LogP contribution in [0.5, 0.6) is 11.5 Å². The molecule has 0 aliphatic carbocycles. The molecule has 2 aromatic carbocycles. The third kappa shape index (κ3) is 6.08. The van der Waals surface area contributed by atoms with Crippen molar-refractivity contribution in [3.05, 3.63) is 74.1 Å². The van der Waals surface area contributed by atoms with Gasteiger partial charge >= 0.3 is 12.3 Å². The lowest BCUT2D eigenvalue weighted by Crippen LogP contribution is -2.17. The molecule has 1 aromatic heterocycles. The maximum absolute atomic E-state index is 12.5. The molecule has 0 aliphatic rings. The summed E-state index contributed by atoms with van der Waals surface area (Å²) >= 11 is 7.09. The number of alkyl halides is 3. The zero-order valence-electron chi connectivity index (χ0n) is 17.5. The van der Waals surface area contributed by atoms with E-state index < -0.39 is 34.8 Å². The smallest absolute Gasteiger partial charge is 0.484 e. The molecular weight excluding hydrogens is 501 g/mol. The van der Waals surface area contributed by atoms with Crippen LogP contribution < -0.4 is 14.8 Å². The second-order valence-electron chi connectivity index (χ2n) is 6.69. The maximum Gasteiger partial charge on any atom is 0.573 e. The van der Waals surface area contributed by atoms with Crippen molar-refractivity contribution in [1.29, 1.82) is 0 Å². The number of nitrogens with one attached hydrogen (secondary N) is 1.